The smallest absolute Gasteiger partial charge is 0.180 e. The van der Waals surface area contributed by atoms with Crippen LogP contribution in [-0.4, -0.2) is 33.3 Å². The van der Waals surface area contributed by atoms with Crippen molar-refractivity contribution in [2.45, 2.75) is 43.5 Å². The Morgan fingerprint density at radius 1 is 1.35 bits per heavy atom. The lowest BCUT2D eigenvalue weighted by Crippen LogP contribution is -2.24. The Bertz CT molecular complexity index is 522. The van der Waals surface area contributed by atoms with E-state index in [-0.39, 0.29) is 5.75 Å². The van der Waals surface area contributed by atoms with Gasteiger partial charge in [-0.2, -0.15) is 0 Å². The van der Waals surface area contributed by atoms with E-state index >= 15 is 0 Å². The normalized spacial score (nSPS) is 19.1. The van der Waals surface area contributed by atoms with Gasteiger partial charge in [0.05, 0.1) is 16.3 Å². The van der Waals surface area contributed by atoms with Gasteiger partial charge in [0.2, 0.25) is 0 Å². The van der Waals surface area contributed by atoms with E-state index in [4.69, 9.17) is 0 Å². The zero-order chi connectivity index (χ0) is 14.4. The molecule has 5 heteroatoms. The van der Waals surface area contributed by atoms with Crippen LogP contribution in [0.3, 0.4) is 0 Å². The van der Waals surface area contributed by atoms with Crippen LogP contribution in [0.15, 0.2) is 29.2 Å². The molecule has 1 saturated heterocycles. The number of para-hydroxylation sites is 1. The lowest BCUT2D eigenvalue weighted by atomic mass is 10.1. The van der Waals surface area contributed by atoms with Gasteiger partial charge in [-0.15, -0.1) is 0 Å². The van der Waals surface area contributed by atoms with Gasteiger partial charge in [-0.25, -0.2) is 8.42 Å². The molecule has 0 amide bonds. The van der Waals surface area contributed by atoms with Crippen LogP contribution in [0.4, 0.5) is 5.69 Å². The fraction of sp³-hybridized carbons (Fsp3) is 0.600. The minimum absolute atomic E-state index is 0.204. The van der Waals surface area contributed by atoms with Crippen LogP contribution in [0, 0.1) is 0 Å². The summed E-state index contributed by atoms with van der Waals surface area (Å²) in [5, 5.41) is 6.74. The molecule has 0 aliphatic carbocycles. The van der Waals surface area contributed by atoms with Crippen LogP contribution in [-0.2, 0) is 9.84 Å². The van der Waals surface area contributed by atoms with Gasteiger partial charge in [0.15, 0.2) is 9.84 Å². The summed E-state index contributed by atoms with van der Waals surface area (Å²) < 4.78 is 24.4. The molecule has 2 N–H and O–H groups in total. The Morgan fingerprint density at radius 3 is 2.85 bits per heavy atom. The molecule has 0 aromatic heterocycles. The predicted octanol–water partition coefficient (Wildman–Crippen LogP) is 2.42. The minimum Gasteiger partial charge on any atom is -0.384 e. The number of anilines is 1. The summed E-state index contributed by atoms with van der Waals surface area (Å²) in [6, 6.07) is 7.78. The van der Waals surface area contributed by atoms with E-state index in [1.165, 1.54) is 12.8 Å². The molecule has 1 aliphatic rings. The summed E-state index contributed by atoms with van der Waals surface area (Å²) in [7, 11) is -3.17. The van der Waals surface area contributed by atoms with E-state index in [1.807, 2.05) is 19.1 Å². The van der Waals surface area contributed by atoms with Gasteiger partial charge in [-0.3, -0.25) is 0 Å². The highest BCUT2D eigenvalue weighted by atomic mass is 32.2. The van der Waals surface area contributed by atoms with Crippen molar-refractivity contribution < 1.29 is 8.42 Å². The third kappa shape index (κ3) is 3.96. The number of hydrogen-bond donors (Lipinski definition) is 2. The summed E-state index contributed by atoms with van der Waals surface area (Å²) in [5.41, 5.74) is 0.735. The van der Waals surface area contributed by atoms with Gasteiger partial charge in [-0.1, -0.05) is 19.1 Å². The quantitative estimate of drug-likeness (QED) is 0.811. The summed E-state index contributed by atoms with van der Waals surface area (Å²) >= 11 is 0. The van der Waals surface area contributed by atoms with E-state index in [0.29, 0.717) is 17.4 Å². The molecule has 20 heavy (non-hydrogen) atoms. The number of hydrogen-bond acceptors (Lipinski definition) is 4. The molecule has 1 unspecified atom stereocenters. The molecule has 0 spiro atoms. The summed E-state index contributed by atoms with van der Waals surface area (Å²) in [5.74, 6) is 0.204. The van der Waals surface area contributed by atoms with Crippen molar-refractivity contribution in [2.75, 3.05) is 24.2 Å². The molecule has 1 fully saturated rings. The lowest BCUT2D eigenvalue weighted by molar-refractivity contribution is 0.574. The maximum absolute atomic E-state index is 12.2. The minimum atomic E-state index is -3.17. The second kappa shape index (κ2) is 7.09. The highest BCUT2D eigenvalue weighted by Crippen LogP contribution is 2.22. The van der Waals surface area contributed by atoms with Crippen LogP contribution in [0.5, 0.6) is 0 Å². The van der Waals surface area contributed by atoms with Crippen LogP contribution >= 0.6 is 0 Å². The second-order valence-electron chi connectivity index (χ2n) is 5.32. The molecule has 1 aliphatic heterocycles. The molecule has 0 bridgehead atoms. The number of sulfone groups is 1. The maximum atomic E-state index is 12.2. The van der Waals surface area contributed by atoms with Crippen molar-refractivity contribution in [2.24, 2.45) is 0 Å². The molecule has 4 nitrogen and oxygen atoms in total. The fourth-order valence-electron chi connectivity index (χ4n) is 2.65. The average Bonchev–Trinajstić information content (AvgIpc) is 2.92. The van der Waals surface area contributed by atoms with Gasteiger partial charge in [0, 0.05) is 12.6 Å². The third-order valence-corrected chi connectivity index (χ3v) is 5.64. The SMILES string of the molecule is CCCS(=O)(=O)c1ccccc1NCCC1CCCN1. The zero-order valence-electron chi connectivity index (χ0n) is 12.1. The van der Waals surface area contributed by atoms with E-state index in [2.05, 4.69) is 10.6 Å². The van der Waals surface area contributed by atoms with Crippen molar-refractivity contribution in [1.29, 1.82) is 0 Å². The molecular weight excluding hydrogens is 272 g/mol. The molecule has 1 aromatic rings. The molecule has 1 aromatic carbocycles. The largest absolute Gasteiger partial charge is 0.384 e. The summed E-state index contributed by atoms with van der Waals surface area (Å²) in [6.07, 6.45) is 4.13. The molecule has 112 valence electrons. The van der Waals surface area contributed by atoms with E-state index in [9.17, 15) is 8.42 Å². The van der Waals surface area contributed by atoms with Gasteiger partial charge in [-0.05, 0) is 44.4 Å². The van der Waals surface area contributed by atoms with Gasteiger partial charge < -0.3 is 10.6 Å². The Hall–Kier alpha value is -1.07. The third-order valence-electron chi connectivity index (χ3n) is 3.67. The van der Waals surface area contributed by atoms with Gasteiger partial charge in [0.1, 0.15) is 0 Å². The van der Waals surface area contributed by atoms with Crippen LogP contribution in [0.25, 0.3) is 0 Å². The lowest BCUT2D eigenvalue weighted by Gasteiger charge is -2.14. The second-order valence-corrected chi connectivity index (χ2v) is 7.40. The number of rotatable bonds is 7. The Balaban J connectivity index is 2.00. The molecular formula is C15H24N2O2S. The summed E-state index contributed by atoms with van der Waals surface area (Å²) in [4.78, 5) is 0.432. The highest BCUT2D eigenvalue weighted by molar-refractivity contribution is 7.91. The topological polar surface area (TPSA) is 58.2 Å². The van der Waals surface area contributed by atoms with Gasteiger partial charge in [0.25, 0.3) is 0 Å². The van der Waals surface area contributed by atoms with Crippen molar-refractivity contribution in [3.8, 4) is 0 Å². The average molecular weight is 296 g/mol. The van der Waals surface area contributed by atoms with Crippen LogP contribution in [0.1, 0.15) is 32.6 Å². The first-order valence-electron chi connectivity index (χ1n) is 7.42. The standard InChI is InChI=1S/C15H24N2O2S/c1-2-12-20(18,19)15-8-4-3-7-14(15)17-11-9-13-6-5-10-16-13/h3-4,7-8,13,16-17H,2,5-6,9-12H2,1H3. The Labute approximate surface area is 121 Å². The fourth-order valence-corrected chi connectivity index (χ4v) is 4.17. The molecule has 1 heterocycles. The van der Waals surface area contributed by atoms with Crippen molar-refractivity contribution in [1.82, 2.24) is 5.32 Å². The van der Waals surface area contributed by atoms with E-state index in [1.54, 1.807) is 12.1 Å². The number of nitrogens with one attached hydrogen (secondary N) is 2. The van der Waals surface area contributed by atoms with Crippen LogP contribution in [0.2, 0.25) is 0 Å². The maximum Gasteiger partial charge on any atom is 0.180 e. The molecule has 1 atom stereocenters. The first-order chi connectivity index (χ1) is 9.63. The molecule has 0 radical (unpaired) electrons. The highest BCUT2D eigenvalue weighted by Gasteiger charge is 2.18. The Morgan fingerprint density at radius 2 is 2.15 bits per heavy atom. The molecule has 2 rings (SSSR count). The van der Waals surface area contributed by atoms with E-state index < -0.39 is 9.84 Å². The van der Waals surface area contributed by atoms with Crippen LogP contribution < -0.4 is 10.6 Å². The first-order valence-corrected chi connectivity index (χ1v) is 9.08. The predicted molar refractivity (Wildman–Crippen MR) is 82.9 cm³/mol. The monoisotopic (exact) mass is 296 g/mol. The van der Waals surface area contributed by atoms with E-state index in [0.717, 1.165) is 25.2 Å². The summed E-state index contributed by atoms with van der Waals surface area (Å²) in [6.45, 7) is 3.79. The van der Waals surface area contributed by atoms with Crippen molar-refractivity contribution in [3.63, 3.8) is 0 Å². The first kappa shape index (κ1) is 15.3. The Kier molecular flexibility index (Phi) is 5.43. The van der Waals surface area contributed by atoms with Gasteiger partial charge >= 0.3 is 0 Å². The zero-order valence-corrected chi connectivity index (χ0v) is 12.9. The van der Waals surface area contributed by atoms with Crippen molar-refractivity contribution >= 4 is 15.5 Å². The number of benzene rings is 1. The molecule has 0 saturated carbocycles. The van der Waals surface area contributed by atoms with Crippen molar-refractivity contribution in [3.05, 3.63) is 24.3 Å².